The minimum absolute atomic E-state index is 0.215. The van der Waals surface area contributed by atoms with Crippen molar-refractivity contribution in [3.8, 4) is 0 Å². The summed E-state index contributed by atoms with van der Waals surface area (Å²) in [6.45, 7) is 3.47. The maximum Gasteiger partial charge on any atom is 0.169 e. The number of methoxy groups -OCH3 is 1. The summed E-state index contributed by atoms with van der Waals surface area (Å²) in [4.78, 5) is 2.02. The third-order valence-corrected chi connectivity index (χ3v) is 3.36. The lowest BCUT2D eigenvalue weighted by Gasteiger charge is -2.24. The fourth-order valence-electron chi connectivity index (χ4n) is 1.59. The largest absolute Gasteiger partial charge is 0.383 e. The number of nitrogens with zero attached hydrogens (tertiary/aromatic N) is 1. The van der Waals surface area contributed by atoms with Crippen LogP contribution in [0.5, 0.6) is 0 Å². The van der Waals surface area contributed by atoms with E-state index in [9.17, 15) is 0 Å². The molecule has 100 valence electrons. The minimum atomic E-state index is 0.215. The van der Waals surface area contributed by atoms with Crippen LogP contribution in [0.3, 0.4) is 0 Å². The van der Waals surface area contributed by atoms with Crippen molar-refractivity contribution in [1.29, 1.82) is 0 Å². The van der Waals surface area contributed by atoms with E-state index in [0.29, 0.717) is 6.61 Å². The lowest BCUT2D eigenvalue weighted by molar-refractivity contribution is 0.178. The first kappa shape index (κ1) is 15.4. The van der Waals surface area contributed by atoms with E-state index in [1.165, 1.54) is 5.56 Å². The third kappa shape index (κ3) is 5.33. The fraction of sp³-hybridized carbons (Fsp3) is 0.462. The van der Waals surface area contributed by atoms with Crippen LogP contribution in [-0.2, 0) is 11.3 Å². The Morgan fingerprint density at radius 3 is 2.89 bits per heavy atom. The molecule has 5 heteroatoms. The van der Waals surface area contributed by atoms with Crippen molar-refractivity contribution >= 4 is 33.3 Å². The average Bonchev–Trinajstić information content (AvgIpc) is 2.29. The Hall–Kier alpha value is -0.650. The van der Waals surface area contributed by atoms with Crippen LogP contribution < -0.4 is 5.32 Å². The number of nitrogens with one attached hydrogen (secondary N) is 1. The molecular formula is C13H19BrN2OS. The topological polar surface area (TPSA) is 24.5 Å². The molecule has 3 nitrogen and oxygen atoms in total. The Labute approximate surface area is 123 Å². The van der Waals surface area contributed by atoms with Crippen LogP contribution in [0, 0.1) is 0 Å². The molecule has 0 aromatic heterocycles. The first-order valence-electron chi connectivity index (χ1n) is 5.78. The highest BCUT2D eigenvalue weighted by atomic mass is 79.9. The Balaban J connectivity index is 2.49. The van der Waals surface area contributed by atoms with Gasteiger partial charge >= 0.3 is 0 Å². The second-order valence-electron chi connectivity index (χ2n) is 4.29. The first-order valence-corrected chi connectivity index (χ1v) is 6.98. The van der Waals surface area contributed by atoms with Gasteiger partial charge < -0.3 is 15.0 Å². The molecular weight excluding hydrogens is 312 g/mol. The van der Waals surface area contributed by atoms with Crippen molar-refractivity contribution in [1.82, 2.24) is 10.2 Å². The van der Waals surface area contributed by atoms with Crippen molar-refractivity contribution in [3.63, 3.8) is 0 Å². The normalized spacial score (nSPS) is 12.0. The van der Waals surface area contributed by atoms with Crippen LogP contribution in [0.15, 0.2) is 28.7 Å². The van der Waals surface area contributed by atoms with E-state index in [1.807, 2.05) is 31.0 Å². The molecule has 0 heterocycles. The maximum absolute atomic E-state index is 5.35. The zero-order valence-electron chi connectivity index (χ0n) is 10.9. The van der Waals surface area contributed by atoms with E-state index >= 15 is 0 Å². The van der Waals surface area contributed by atoms with Gasteiger partial charge in [-0.05, 0) is 36.8 Å². The molecule has 0 spiro atoms. The molecule has 1 aromatic rings. The van der Waals surface area contributed by atoms with Gasteiger partial charge in [0.25, 0.3) is 0 Å². The van der Waals surface area contributed by atoms with Gasteiger partial charge in [0.2, 0.25) is 0 Å². The maximum atomic E-state index is 5.35. The van der Waals surface area contributed by atoms with Gasteiger partial charge in [-0.3, -0.25) is 0 Å². The molecule has 0 amide bonds. The molecule has 18 heavy (non-hydrogen) atoms. The van der Waals surface area contributed by atoms with Gasteiger partial charge in [-0.1, -0.05) is 28.1 Å². The van der Waals surface area contributed by atoms with Gasteiger partial charge in [0.15, 0.2) is 5.11 Å². The van der Waals surface area contributed by atoms with E-state index in [1.54, 1.807) is 7.11 Å². The number of rotatable bonds is 5. The second kappa shape index (κ2) is 7.71. The summed E-state index contributed by atoms with van der Waals surface area (Å²) < 4.78 is 6.15. The third-order valence-electron chi connectivity index (χ3n) is 2.44. The molecule has 0 aliphatic rings. The highest BCUT2D eigenvalue weighted by molar-refractivity contribution is 9.10. The molecule has 0 saturated heterocycles. The fourth-order valence-corrected chi connectivity index (χ4v) is 2.31. The molecule has 0 radical (unpaired) electrons. The van der Waals surface area contributed by atoms with E-state index in [4.69, 9.17) is 17.0 Å². The van der Waals surface area contributed by atoms with E-state index in [0.717, 1.165) is 16.1 Å². The quantitative estimate of drug-likeness (QED) is 0.839. The van der Waals surface area contributed by atoms with Crippen molar-refractivity contribution in [2.75, 3.05) is 20.8 Å². The summed E-state index contributed by atoms with van der Waals surface area (Å²) in [5.41, 5.74) is 1.22. The monoisotopic (exact) mass is 330 g/mol. The number of thiocarbonyl (C=S) groups is 1. The van der Waals surface area contributed by atoms with E-state index in [2.05, 4.69) is 33.4 Å². The number of hydrogen-bond donors (Lipinski definition) is 1. The van der Waals surface area contributed by atoms with Gasteiger partial charge in [-0.2, -0.15) is 0 Å². The smallest absolute Gasteiger partial charge is 0.169 e. The molecule has 0 aliphatic carbocycles. The van der Waals surface area contributed by atoms with E-state index < -0.39 is 0 Å². The van der Waals surface area contributed by atoms with Crippen molar-refractivity contribution in [2.24, 2.45) is 0 Å². The molecule has 0 saturated carbocycles. The SMILES string of the molecule is COCC(C)NC(=S)N(C)Cc1cccc(Br)c1. The Morgan fingerprint density at radius 1 is 1.56 bits per heavy atom. The summed E-state index contributed by atoms with van der Waals surface area (Å²) >= 11 is 8.81. The molecule has 1 N–H and O–H groups in total. The highest BCUT2D eigenvalue weighted by Gasteiger charge is 2.08. The zero-order valence-corrected chi connectivity index (χ0v) is 13.3. The summed E-state index contributed by atoms with van der Waals surface area (Å²) in [5, 5.41) is 3.97. The molecule has 0 bridgehead atoms. The van der Waals surface area contributed by atoms with Gasteiger partial charge in [0.1, 0.15) is 0 Å². The number of ether oxygens (including phenoxy) is 1. The Morgan fingerprint density at radius 2 is 2.28 bits per heavy atom. The number of hydrogen-bond acceptors (Lipinski definition) is 2. The Bertz CT molecular complexity index is 400. The summed E-state index contributed by atoms with van der Waals surface area (Å²) in [6.07, 6.45) is 0. The molecule has 1 atom stereocenters. The standard InChI is InChI=1S/C13H19BrN2OS/c1-10(9-17-3)15-13(18)16(2)8-11-5-4-6-12(14)7-11/h4-7,10H,8-9H2,1-3H3,(H,15,18). The predicted molar refractivity (Wildman–Crippen MR) is 82.7 cm³/mol. The molecule has 0 aliphatic heterocycles. The summed E-state index contributed by atoms with van der Waals surface area (Å²) in [5.74, 6) is 0. The van der Waals surface area contributed by atoms with Crippen molar-refractivity contribution in [2.45, 2.75) is 19.5 Å². The number of halogens is 1. The van der Waals surface area contributed by atoms with Gasteiger partial charge in [-0.15, -0.1) is 0 Å². The summed E-state index contributed by atoms with van der Waals surface area (Å²) in [6, 6.07) is 8.44. The lowest BCUT2D eigenvalue weighted by atomic mass is 10.2. The van der Waals surface area contributed by atoms with Gasteiger partial charge in [0, 0.05) is 31.2 Å². The van der Waals surface area contributed by atoms with Crippen LogP contribution in [0.1, 0.15) is 12.5 Å². The van der Waals surface area contributed by atoms with Crippen LogP contribution >= 0.6 is 28.1 Å². The zero-order chi connectivity index (χ0) is 13.5. The van der Waals surface area contributed by atoms with Gasteiger partial charge in [-0.25, -0.2) is 0 Å². The van der Waals surface area contributed by atoms with Crippen LogP contribution in [0.4, 0.5) is 0 Å². The lowest BCUT2D eigenvalue weighted by Crippen LogP contribution is -2.43. The van der Waals surface area contributed by atoms with Gasteiger partial charge in [0.05, 0.1) is 6.61 Å². The molecule has 1 unspecified atom stereocenters. The predicted octanol–water partition coefficient (Wildman–Crippen LogP) is 2.79. The first-order chi connectivity index (χ1) is 8.52. The Kier molecular flexibility index (Phi) is 6.60. The molecule has 1 rings (SSSR count). The van der Waals surface area contributed by atoms with Crippen molar-refractivity contribution < 1.29 is 4.74 Å². The van der Waals surface area contributed by atoms with Crippen LogP contribution in [-0.4, -0.2) is 36.8 Å². The number of benzene rings is 1. The molecule has 0 fully saturated rings. The highest BCUT2D eigenvalue weighted by Crippen LogP contribution is 2.13. The van der Waals surface area contributed by atoms with Crippen LogP contribution in [0.2, 0.25) is 0 Å². The van der Waals surface area contributed by atoms with E-state index in [-0.39, 0.29) is 6.04 Å². The van der Waals surface area contributed by atoms with Crippen LogP contribution in [0.25, 0.3) is 0 Å². The van der Waals surface area contributed by atoms with Crippen molar-refractivity contribution in [3.05, 3.63) is 34.3 Å². The summed E-state index contributed by atoms with van der Waals surface area (Å²) in [7, 11) is 3.67. The minimum Gasteiger partial charge on any atom is -0.383 e. The molecule has 1 aromatic carbocycles. The second-order valence-corrected chi connectivity index (χ2v) is 5.59. The average molecular weight is 331 g/mol.